The lowest BCUT2D eigenvalue weighted by atomic mass is 10.1. The summed E-state index contributed by atoms with van der Waals surface area (Å²) in [6.07, 6.45) is 3.67. The normalized spacial score (nSPS) is 17.3. The minimum absolute atomic E-state index is 0.0173. The number of hydrogen-bond acceptors (Lipinski definition) is 5. The summed E-state index contributed by atoms with van der Waals surface area (Å²) in [5, 5.41) is 6.27. The molecule has 2 aliphatic rings. The average Bonchev–Trinajstić information content (AvgIpc) is 3.66. The SMILES string of the molecule is Cc1ccc(C(C)NC(=O)c2ccc3c(c2)N(C(=O)CN[C@@H](C)C(C)C)CC(=O)N3C2CC2)cn1. The standard InChI is InChI=1S/C27H35N5O3/c1-16(2)18(4)29-14-25(33)31-15-26(34)32(22-9-10-22)23-11-8-20(12-24(23)31)27(35)30-19(5)21-7-6-17(3)28-13-21/h6-8,11-13,16,18-19,22,29H,9-10,14-15H2,1-5H3,(H,30,35)/t18-,19?/m0/s1. The van der Waals surface area contributed by atoms with Gasteiger partial charge >= 0.3 is 0 Å². The van der Waals surface area contributed by atoms with Crippen LogP contribution in [0.25, 0.3) is 0 Å². The largest absolute Gasteiger partial charge is 0.345 e. The van der Waals surface area contributed by atoms with Gasteiger partial charge in [0, 0.05) is 29.5 Å². The number of aromatic nitrogens is 1. The van der Waals surface area contributed by atoms with Gasteiger partial charge in [-0.05, 0) is 69.4 Å². The maximum atomic E-state index is 13.2. The number of amides is 3. The molecular weight excluding hydrogens is 442 g/mol. The number of carbonyl (C=O) groups excluding carboxylic acids is 3. The van der Waals surface area contributed by atoms with Gasteiger partial charge in [-0.25, -0.2) is 0 Å². The predicted octanol–water partition coefficient (Wildman–Crippen LogP) is 3.36. The van der Waals surface area contributed by atoms with Gasteiger partial charge in [0.15, 0.2) is 0 Å². The number of aryl methyl sites for hydroxylation is 1. The third-order valence-corrected chi connectivity index (χ3v) is 6.92. The highest BCUT2D eigenvalue weighted by Gasteiger charge is 2.40. The van der Waals surface area contributed by atoms with Gasteiger partial charge in [-0.15, -0.1) is 0 Å². The summed E-state index contributed by atoms with van der Waals surface area (Å²) >= 11 is 0. The molecule has 1 aromatic heterocycles. The van der Waals surface area contributed by atoms with E-state index >= 15 is 0 Å². The van der Waals surface area contributed by atoms with Crippen molar-refractivity contribution in [2.24, 2.45) is 5.92 Å². The van der Waals surface area contributed by atoms with Gasteiger partial charge in [0.2, 0.25) is 11.8 Å². The molecule has 3 amide bonds. The zero-order chi connectivity index (χ0) is 25.3. The molecule has 2 aromatic rings. The molecule has 1 fully saturated rings. The van der Waals surface area contributed by atoms with Crippen LogP contribution in [0.3, 0.4) is 0 Å². The Bertz CT molecular complexity index is 1110. The van der Waals surface area contributed by atoms with Gasteiger partial charge in [-0.3, -0.25) is 24.3 Å². The molecule has 1 unspecified atom stereocenters. The van der Waals surface area contributed by atoms with Gasteiger partial charge < -0.3 is 15.5 Å². The van der Waals surface area contributed by atoms with E-state index in [0.717, 1.165) is 24.1 Å². The zero-order valence-corrected chi connectivity index (χ0v) is 21.2. The Balaban J connectivity index is 1.58. The van der Waals surface area contributed by atoms with Crippen molar-refractivity contribution in [1.82, 2.24) is 15.6 Å². The Labute approximate surface area is 207 Å². The maximum absolute atomic E-state index is 13.2. The van der Waals surface area contributed by atoms with Gasteiger partial charge in [-0.2, -0.15) is 0 Å². The number of carbonyl (C=O) groups is 3. The summed E-state index contributed by atoms with van der Waals surface area (Å²) in [5.74, 6) is -0.124. The van der Waals surface area contributed by atoms with E-state index < -0.39 is 0 Å². The fourth-order valence-electron chi connectivity index (χ4n) is 4.15. The third kappa shape index (κ3) is 5.53. The van der Waals surface area contributed by atoms with Crippen LogP contribution in [0.1, 0.15) is 68.2 Å². The van der Waals surface area contributed by atoms with Crippen LogP contribution in [0.5, 0.6) is 0 Å². The Morgan fingerprint density at radius 2 is 1.83 bits per heavy atom. The van der Waals surface area contributed by atoms with E-state index in [0.29, 0.717) is 22.9 Å². The molecule has 2 atom stereocenters. The topological polar surface area (TPSA) is 94.6 Å². The lowest BCUT2D eigenvalue weighted by Crippen LogP contribution is -2.51. The molecule has 2 heterocycles. The summed E-state index contributed by atoms with van der Waals surface area (Å²) in [5.41, 5.74) is 3.58. The van der Waals surface area contributed by atoms with Crippen LogP contribution >= 0.6 is 0 Å². The number of nitrogens with zero attached hydrogens (tertiary/aromatic N) is 3. The quantitative estimate of drug-likeness (QED) is 0.608. The van der Waals surface area contributed by atoms with Crippen LogP contribution in [0.2, 0.25) is 0 Å². The average molecular weight is 478 g/mol. The van der Waals surface area contributed by atoms with Crippen molar-refractivity contribution in [2.45, 2.75) is 65.6 Å². The molecule has 0 spiro atoms. The lowest BCUT2D eigenvalue weighted by molar-refractivity contribution is -0.122. The first-order valence-corrected chi connectivity index (χ1v) is 12.4. The molecule has 0 bridgehead atoms. The third-order valence-electron chi connectivity index (χ3n) is 6.92. The highest BCUT2D eigenvalue weighted by atomic mass is 16.2. The highest BCUT2D eigenvalue weighted by molar-refractivity contribution is 6.13. The minimum Gasteiger partial charge on any atom is -0.345 e. The summed E-state index contributed by atoms with van der Waals surface area (Å²) in [6.45, 7) is 10.2. The second kappa shape index (κ2) is 10.2. The molecule has 4 rings (SSSR count). The second-order valence-corrected chi connectivity index (χ2v) is 10.0. The number of hydrogen-bond donors (Lipinski definition) is 2. The first-order valence-electron chi connectivity index (χ1n) is 12.4. The van der Waals surface area contributed by atoms with Crippen molar-refractivity contribution in [3.8, 4) is 0 Å². The molecule has 35 heavy (non-hydrogen) atoms. The van der Waals surface area contributed by atoms with Gasteiger partial charge in [0.25, 0.3) is 5.91 Å². The Kier molecular flexibility index (Phi) is 7.21. The number of benzene rings is 1. The van der Waals surface area contributed by atoms with E-state index in [-0.39, 0.29) is 48.9 Å². The van der Waals surface area contributed by atoms with E-state index in [1.165, 1.54) is 4.90 Å². The summed E-state index contributed by atoms with van der Waals surface area (Å²) in [7, 11) is 0. The molecule has 1 aliphatic carbocycles. The van der Waals surface area contributed by atoms with Gasteiger partial charge in [0.05, 0.1) is 24.0 Å². The molecule has 186 valence electrons. The predicted molar refractivity (Wildman–Crippen MR) is 136 cm³/mol. The molecule has 1 saturated carbocycles. The number of nitrogens with one attached hydrogen (secondary N) is 2. The van der Waals surface area contributed by atoms with E-state index in [1.54, 1.807) is 29.3 Å². The summed E-state index contributed by atoms with van der Waals surface area (Å²) in [6, 6.07) is 9.23. The van der Waals surface area contributed by atoms with Crippen molar-refractivity contribution in [3.05, 3.63) is 53.3 Å². The van der Waals surface area contributed by atoms with Gasteiger partial charge in [-0.1, -0.05) is 19.9 Å². The number of anilines is 2. The summed E-state index contributed by atoms with van der Waals surface area (Å²) < 4.78 is 0. The fourth-order valence-corrected chi connectivity index (χ4v) is 4.15. The van der Waals surface area contributed by atoms with E-state index in [2.05, 4.69) is 29.5 Å². The van der Waals surface area contributed by atoms with Crippen LogP contribution in [0, 0.1) is 12.8 Å². The van der Waals surface area contributed by atoms with E-state index in [9.17, 15) is 14.4 Å². The molecule has 0 radical (unpaired) electrons. The second-order valence-electron chi connectivity index (χ2n) is 10.0. The molecule has 8 heteroatoms. The molecule has 2 N–H and O–H groups in total. The monoisotopic (exact) mass is 477 g/mol. The zero-order valence-electron chi connectivity index (χ0n) is 21.2. The maximum Gasteiger partial charge on any atom is 0.251 e. The Hall–Kier alpha value is -3.26. The smallest absolute Gasteiger partial charge is 0.251 e. The van der Waals surface area contributed by atoms with Crippen molar-refractivity contribution in [2.75, 3.05) is 22.9 Å². The van der Waals surface area contributed by atoms with E-state index in [1.807, 2.05) is 32.9 Å². The summed E-state index contributed by atoms with van der Waals surface area (Å²) in [4.78, 5) is 46.9. The number of fused-ring (bicyclic) bond motifs is 1. The highest BCUT2D eigenvalue weighted by Crippen LogP contribution is 2.41. The molecule has 1 aliphatic heterocycles. The van der Waals surface area contributed by atoms with E-state index in [4.69, 9.17) is 0 Å². The van der Waals surface area contributed by atoms with Crippen LogP contribution < -0.4 is 20.4 Å². The first-order chi connectivity index (χ1) is 16.7. The number of rotatable bonds is 8. The van der Waals surface area contributed by atoms with Crippen LogP contribution in [0.15, 0.2) is 36.5 Å². The van der Waals surface area contributed by atoms with Crippen molar-refractivity contribution < 1.29 is 14.4 Å². The molecular formula is C27H35N5O3. The van der Waals surface area contributed by atoms with Crippen LogP contribution in [0.4, 0.5) is 11.4 Å². The molecule has 0 saturated heterocycles. The number of pyridine rings is 1. The minimum atomic E-state index is -0.241. The van der Waals surface area contributed by atoms with Crippen molar-refractivity contribution in [3.63, 3.8) is 0 Å². The van der Waals surface area contributed by atoms with Crippen molar-refractivity contribution in [1.29, 1.82) is 0 Å². The van der Waals surface area contributed by atoms with Gasteiger partial charge in [0.1, 0.15) is 6.54 Å². The molecule has 1 aromatic carbocycles. The lowest BCUT2D eigenvalue weighted by Gasteiger charge is -2.37. The molecule has 8 nitrogen and oxygen atoms in total. The van der Waals surface area contributed by atoms with Crippen molar-refractivity contribution >= 4 is 29.1 Å². The van der Waals surface area contributed by atoms with Crippen LogP contribution in [-0.2, 0) is 9.59 Å². The Morgan fingerprint density at radius 3 is 2.46 bits per heavy atom. The fraction of sp³-hybridized carbons (Fsp3) is 0.481. The Morgan fingerprint density at radius 1 is 1.09 bits per heavy atom. The first kappa shape index (κ1) is 24.9. The van der Waals surface area contributed by atoms with Crippen LogP contribution in [-0.4, -0.2) is 47.9 Å².